The Bertz CT molecular complexity index is 803. The van der Waals surface area contributed by atoms with Gasteiger partial charge in [-0.15, -0.1) is 0 Å². The second-order valence-electron chi connectivity index (χ2n) is 5.94. The molecule has 3 amide bonds. The minimum Gasteiger partial charge on any atom is -0.452 e. The molecule has 10 heteroatoms. The van der Waals surface area contributed by atoms with E-state index in [2.05, 4.69) is 5.32 Å². The van der Waals surface area contributed by atoms with Gasteiger partial charge in [-0.1, -0.05) is 18.6 Å². The van der Waals surface area contributed by atoms with Gasteiger partial charge in [0.15, 0.2) is 6.61 Å². The molecule has 9 nitrogen and oxygen atoms in total. The normalized spacial score (nSPS) is 15.0. The van der Waals surface area contributed by atoms with Crippen molar-refractivity contribution in [2.24, 2.45) is 0 Å². The van der Waals surface area contributed by atoms with Crippen molar-refractivity contribution in [3.05, 3.63) is 29.8 Å². The number of carbonyl (C=O) groups is 3. The van der Waals surface area contributed by atoms with Crippen LogP contribution in [0.3, 0.4) is 0 Å². The molecule has 1 aromatic rings. The van der Waals surface area contributed by atoms with E-state index in [1.165, 1.54) is 28.6 Å². The number of imide groups is 1. The number of sulfonamides is 1. The molecule has 0 saturated carbocycles. The molecule has 0 bridgehead atoms. The maximum Gasteiger partial charge on any atom is 0.340 e. The maximum absolute atomic E-state index is 12.9. The lowest BCUT2D eigenvalue weighted by atomic mass is 10.2. The van der Waals surface area contributed by atoms with Crippen LogP contribution in [-0.2, 0) is 19.6 Å². The summed E-state index contributed by atoms with van der Waals surface area (Å²) in [6.07, 6.45) is 2.51. The first-order valence-corrected chi connectivity index (χ1v) is 10.1. The smallest absolute Gasteiger partial charge is 0.340 e. The number of hydrogen-bond acceptors (Lipinski definition) is 6. The third-order valence-electron chi connectivity index (χ3n) is 3.96. The fourth-order valence-electron chi connectivity index (χ4n) is 2.68. The van der Waals surface area contributed by atoms with E-state index < -0.39 is 34.5 Å². The van der Waals surface area contributed by atoms with Crippen LogP contribution in [0.1, 0.15) is 36.5 Å². The predicted molar refractivity (Wildman–Crippen MR) is 96.5 cm³/mol. The van der Waals surface area contributed by atoms with Crippen LogP contribution in [-0.4, -0.2) is 56.9 Å². The van der Waals surface area contributed by atoms with Gasteiger partial charge < -0.3 is 10.1 Å². The first kappa shape index (κ1) is 20.8. The van der Waals surface area contributed by atoms with Crippen molar-refractivity contribution in [3.8, 4) is 0 Å². The number of nitrogens with zero attached hydrogens (tertiary/aromatic N) is 1. The third-order valence-corrected chi connectivity index (χ3v) is 5.92. The zero-order valence-electron chi connectivity index (χ0n) is 15.1. The fourth-order valence-corrected chi connectivity index (χ4v) is 4.38. The van der Waals surface area contributed by atoms with Gasteiger partial charge in [-0.05, 0) is 31.9 Å². The molecule has 1 fully saturated rings. The lowest BCUT2D eigenvalue weighted by molar-refractivity contribution is -0.123. The molecule has 1 aliphatic heterocycles. The molecule has 0 unspecified atom stereocenters. The Kier molecular flexibility index (Phi) is 7.31. The van der Waals surface area contributed by atoms with E-state index in [0.717, 1.165) is 19.3 Å². The molecule has 0 aliphatic carbocycles. The van der Waals surface area contributed by atoms with Crippen LogP contribution in [0.15, 0.2) is 29.2 Å². The zero-order chi connectivity index (χ0) is 19.9. The summed E-state index contributed by atoms with van der Waals surface area (Å²) in [4.78, 5) is 35.1. The average Bonchev–Trinajstić information content (AvgIpc) is 2.67. The van der Waals surface area contributed by atoms with Crippen molar-refractivity contribution >= 4 is 27.9 Å². The summed E-state index contributed by atoms with van der Waals surface area (Å²) < 4.78 is 31.9. The van der Waals surface area contributed by atoms with Crippen molar-refractivity contribution in [2.75, 3.05) is 26.2 Å². The second kappa shape index (κ2) is 9.47. The summed E-state index contributed by atoms with van der Waals surface area (Å²) in [5, 5.41) is 4.36. The van der Waals surface area contributed by atoms with Crippen LogP contribution in [0, 0.1) is 0 Å². The van der Waals surface area contributed by atoms with Crippen LogP contribution in [0.2, 0.25) is 0 Å². The number of urea groups is 1. The lowest BCUT2D eigenvalue weighted by Gasteiger charge is -2.26. The molecular weight excluding hydrogens is 374 g/mol. The van der Waals surface area contributed by atoms with Crippen LogP contribution >= 0.6 is 0 Å². The van der Waals surface area contributed by atoms with Crippen LogP contribution in [0.4, 0.5) is 4.79 Å². The molecule has 1 saturated heterocycles. The number of hydrogen-bond donors (Lipinski definition) is 2. The lowest BCUT2D eigenvalue weighted by Crippen LogP contribution is -2.41. The highest BCUT2D eigenvalue weighted by atomic mass is 32.2. The zero-order valence-corrected chi connectivity index (χ0v) is 15.9. The monoisotopic (exact) mass is 397 g/mol. The molecule has 0 spiro atoms. The summed E-state index contributed by atoms with van der Waals surface area (Å²) in [6, 6.07) is 5.01. The van der Waals surface area contributed by atoms with Crippen molar-refractivity contribution in [3.63, 3.8) is 0 Å². The molecule has 2 N–H and O–H groups in total. The quantitative estimate of drug-likeness (QED) is 0.687. The number of piperidine rings is 1. The van der Waals surface area contributed by atoms with E-state index in [1.54, 1.807) is 6.92 Å². The minimum atomic E-state index is -3.83. The highest BCUT2D eigenvalue weighted by Gasteiger charge is 2.30. The molecule has 0 atom stereocenters. The van der Waals surface area contributed by atoms with Gasteiger partial charge in [-0.3, -0.25) is 10.1 Å². The molecule has 0 aromatic heterocycles. The first-order chi connectivity index (χ1) is 12.9. The molecule has 27 heavy (non-hydrogen) atoms. The number of ether oxygens (including phenoxy) is 1. The van der Waals surface area contributed by atoms with E-state index in [0.29, 0.717) is 19.6 Å². The van der Waals surface area contributed by atoms with E-state index >= 15 is 0 Å². The van der Waals surface area contributed by atoms with Gasteiger partial charge in [-0.2, -0.15) is 4.31 Å². The van der Waals surface area contributed by atoms with E-state index in [4.69, 9.17) is 4.74 Å². The van der Waals surface area contributed by atoms with Crippen molar-refractivity contribution < 1.29 is 27.5 Å². The van der Waals surface area contributed by atoms with Gasteiger partial charge >= 0.3 is 12.0 Å². The largest absolute Gasteiger partial charge is 0.452 e. The van der Waals surface area contributed by atoms with Gasteiger partial charge in [0.05, 0.1) is 10.5 Å². The van der Waals surface area contributed by atoms with Crippen LogP contribution in [0.5, 0.6) is 0 Å². The Morgan fingerprint density at radius 2 is 1.78 bits per heavy atom. The minimum absolute atomic E-state index is 0.145. The Morgan fingerprint density at radius 3 is 2.44 bits per heavy atom. The van der Waals surface area contributed by atoms with E-state index in [9.17, 15) is 22.8 Å². The molecular formula is C17H23N3O6S. The molecule has 1 aromatic carbocycles. The molecule has 1 aliphatic rings. The summed E-state index contributed by atoms with van der Waals surface area (Å²) >= 11 is 0. The van der Waals surface area contributed by atoms with Crippen LogP contribution < -0.4 is 10.6 Å². The van der Waals surface area contributed by atoms with E-state index in [1.807, 2.05) is 5.32 Å². The molecule has 2 rings (SSSR count). The molecule has 0 radical (unpaired) electrons. The number of nitrogens with one attached hydrogen (secondary N) is 2. The Morgan fingerprint density at radius 1 is 1.11 bits per heavy atom. The topological polar surface area (TPSA) is 122 Å². The number of carbonyl (C=O) groups excluding carboxylic acids is 3. The number of amides is 3. The van der Waals surface area contributed by atoms with Gasteiger partial charge in [0, 0.05) is 19.6 Å². The Hall–Kier alpha value is -2.46. The van der Waals surface area contributed by atoms with Gasteiger partial charge in [0.1, 0.15) is 0 Å². The van der Waals surface area contributed by atoms with Gasteiger partial charge in [-0.25, -0.2) is 18.0 Å². The number of benzene rings is 1. The predicted octanol–water partition coefficient (Wildman–Crippen LogP) is 0.864. The highest BCUT2D eigenvalue weighted by molar-refractivity contribution is 7.89. The molecule has 1 heterocycles. The Labute approximate surface area is 158 Å². The maximum atomic E-state index is 12.9. The average molecular weight is 397 g/mol. The summed E-state index contributed by atoms with van der Waals surface area (Å²) in [6.45, 7) is 2.12. The third kappa shape index (κ3) is 5.51. The summed E-state index contributed by atoms with van der Waals surface area (Å²) in [7, 11) is -3.83. The Balaban J connectivity index is 2.09. The summed E-state index contributed by atoms with van der Waals surface area (Å²) in [5.74, 6) is -1.76. The van der Waals surface area contributed by atoms with Crippen molar-refractivity contribution in [2.45, 2.75) is 31.1 Å². The first-order valence-electron chi connectivity index (χ1n) is 8.70. The number of rotatable bonds is 6. The SMILES string of the molecule is CCNC(=O)NC(=O)COC(=O)c1ccccc1S(=O)(=O)N1CCCCC1. The van der Waals surface area contributed by atoms with Crippen LogP contribution in [0.25, 0.3) is 0 Å². The summed E-state index contributed by atoms with van der Waals surface area (Å²) in [5.41, 5.74) is -0.145. The standard InChI is InChI=1S/C17H23N3O6S/c1-2-18-17(23)19-15(21)12-26-16(22)13-8-4-5-9-14(13)27(24,25)20-10-6-3-7-11-20/h4-5,8-9H,2-3,6-7,10-12H2,1H3,(H2,18,19,21,23). The molecule has 148 valence electrons. The fraction of sp³-hybridized carbons (Fsp3) is 0.471. The van der Waals surface area contributed by atoms with Gasteiger partial charge in [0.25, 0.3) is 5.91 Å². The van der Waals surface area contributed by atoms with Gasteiger partial charge in [0.2, 0.25) is 10.0 Å². The highest BCUT2D eigenvalue weighted by Crippen LogP contribution is 2.24. The van der Waals surface area contributed by atoms with E-state index in [-0.39, 0.29) is 10.5 Å². The second-order valence-corrected chi connectivity index (χ2v) is 7.85. The van der Waals surface area contributed by atoms with Crippen molar-refractivity contribution in [1.82, 2.24) is 14.9 Å². The van der Waals surface area contributed by atoms with Crippen molar-refractivity contribution in [1.29, 1.82) is 0 Å². The number of esters is 1.